The van der Waals surface area contributed by atoms with Crippen LogP contribution in [0, 0.1) is 17.5 Å². The number of rotatable bonds is 1. The van der Waals surface area contributed by atoms with Crippen molar-refractivity contribution < 1.29 is 22.0 Å². The molecule has 0 bridgehead atoms. The molecule has 0 unspecified atom stereocenters. The maximum Gasteiger partial charge on any atom is 0.269 e. The van der Waals surface area contributed by atoms with Crippen molar-refractivity contribution >= 4 is 15.9 Å². The largest absolute Gasteiger partial charge is 0.269 e. The zero-order chi connectivity index (χ0) is 10.2. The molecular formula is C7H2BrF5. The number of hydrogen-bond acceptors (Lipinski definition) is 0. The van der Waals surface area contributed by atoms with Gasteiger partial charge in [0.1, 0.15) is 5.82 Å². The van der Waals surface area contributed by atoms with Crippen molar-refractivity contribution in [2.24, 2.45) is 0 Å². The Kier molecular flexibility index (Phi) is 2.90. The Hall–Kier alpha value is -0.650. The van der Waals surface area contributed by atoms with E-state index in [2.05, 4.69) is 15.9 Å². The van der Waals surface area contributed by atoms with Crippen LogP contribution >= 0.6 is 15.9 Å². The minimum absolute atomic E-state index is 0.458. The Labute approximate surface area is 78.5 Å². The van der Waals surface area contributed by atoms with Crippen LogP contribution in [-0.2, 0) is 0 Å². The van der Waals surface area contributed by atoms with Crippen LogP contribution in [0.4, 0.5) is 22.0 Å². The van der Waals surface area contributed by atoms with Gasteiger partial charge in [0, 0.05) is 0 Å². The smallest absolute Gasteiger partial charge is 0.206 e. The lowest BCUT2D eigenvalue weighted by Crippen LogP contribution is -2.00. The summed E-state index contributed by atoms with van der Waals surface area (Å²) in [5.74, 6) is -4.85. The predicted octanol–water partition coefficient (Wildman–Crippen LogP) is 3.80. The van der Waals surface area contributed by atoms with Gasteiger partial charge in [0.05, 0.1) is 10.0 Å². The molecule has 1 rings (SSSR count). The maximum absolute atomic E-state index is 12.6. The lowest BCUT2D eigenvalue weighted by molar-refractivity contribution is 0.139. The van der Waals surface area contributed by atoms with E-state index in [1.165, 1.54) is 0 Å². The first-order chi connectivity index (χ1) is 5.95. The van der Waals surface area contributed by atoms with Crippen LogP contribution in [0.25, 0.3) is 0 Å². The first-order valence-electron chi connectivity index (χ1n) is 3.06. The lowest BCUT2D eigenvalue weighted by atomic mass is 10.2. The van der Waals surface area contributed by atoms with Gasteiger partial charge in [-0.1, -0.05) is 0 Å². The van der Waals surface area contributed by atoms with E-state index in [-0.39, 0.29) is 0 Å². The van der Waals surface area contributed by atoms with Crippen LogP contribution in [0.5, 0.6) is 0 Å². The molecule has 13 heavy (non-hydrogen) atoms. The van der Waals surface area contributed by atoms with Gasteiger partial charge in [-0.25, -0.2) is 22.0 Å². The Balaban J connectivity index is 3.44. The van der Waals surface area contributed by atoms with E-state index in [0.717, 1.165) is 0 Å². The van der Waals surface area contributed by atoms with E-state index in [4.69, 9.17) is 0 Å². The van der Waals surface area contributed by atoms with E-state index < -0.39 is 33.9 Å². The van der Waals surface area contributed by atoms with Gasteiger partial charge in [-0.15, -0.1) is 0 Å². The molecule has 1 aromatic carbocycles. The van der Waals surface area contributed by atoms with Crippen molar-refractivity contribution in [3.05, 3.63) is 33.6 Å². The first-order valence-corrected chi connectivity index (χ1v) is 3.85. The summed E-state index contributed by atoms with van der Waals surface area (Å²) >= 11 is 2.48. The molecule has 0 saturated carbocycles. The molecule has 0 nitrogen and oxygen atoms in total. The molecule has 0 fully saturated rings. The molecule has 72 valence electrons. The van der Waals surface area contributed by atoms with E-state index in [0.29, 0.717) is 6.07 Å². The van der Waals surface area contributed by atoms with Gasteiger partial charge in [-0.3, -0.25) is 0 Å². The average molecular weight is 261 g/mol. The molecule has 0 aromatic heterocycles. The Bertz CT molecular complexity index is 336. The van der Waals surface area contributed by atoms with Gasteiger partial charge in [0.15, 0.2) is 11.6 Å². The van der Waals surface area contributed by atoms with Crippen molar-refractivity contribution in [2.45, 2.75) is 6.43 Å². The third-order valence-corrected chi connectivity index (χ3v) is 1.94. The minimum Gasteiger partial charge on any atom is -0.206 e. The number of benzene rings is 1. The summed E-state index contributed by atoms with van der Waals surface area (Å²) in [6, 6.07) is 0.458. The third-order valence-electron chi connectivity index (χ3n) is 1.37. The van der Waals surface area contributed by atoms with Crippen molar-refractivity contribution in [1.29, 1.82) is 0 Å². The second-order valence-electron chi connectivity index (χ2n) is 2.18. The van der Waals surface area contributed by atoms with Crippen LogP contribution in [0.3, 0.4) is 0 Å². The van der Waals surface area contributed by atoms with Crippen molar-refractivity contribution in [3.63, 3.8) is 0 Å². The first kappa shape index (κ1) is 10.4. The summed E-state index contributed by atoms with van der Waals surface area (Å²) < 4.78 is 61.2. The number of hydrogen-bond donors (Lipinski definition) is 0. The third kappa shape index (κ3) is 1.82. The number of alkyl halides is 2. The summed E-state index contributed by atoms with van der Waals surface area (Å²) in [7, 11) is 0. The normalized spacial score (nSPS) is 11.0. The highest BCUT2D eigenvalue weighted by Gasteiger charge is 2.24. The van der Waals surface area contributed by atoms with Crippen LogP contribution in [0.1, 0.15) is 12.0 Å². The SMILES string of the molecule is Fc1cc(Br)c(F)c(F)c1C(F)F. The molecule has 0 aliphatic carbocycles. The van der Waals surface area contributed by atoms with Crippen molar-refractivity contribution in [3.8, 4) is 0 Å². The van der Waals surface area contributed by atoms with Crippen molar-refractivity contribution in [1.82, 2.24) is 0 Å². The predicted molar refractivity (Wildman–Crippen MR) is 39.0 cm³/mol. The summed E-state index contributed by atoms with van der Waals surface area (Å²) in [6.07, 6.45) is -3.37. The maximum atomic E-state index is 12.6. The fraction of sp³-hybridized carbons (Fsp3) is 0.143. The van der Waals surface area contributed by atoms with Gasteiger partial charge in [0.2, 0.25) is 0 Å². The molecule has 0 saturated heterocycles. The average Bonchev–Trinajstić information content (AvgIpc) is 1.99. The summed E-state index contributed by atoms with van der Waals surface area (Å²) in [5, 5.41) is 0. The van der Waals surface area contributed by atoms with Gasteiger partial charge in [0.25, 0.3) is 6.43 Å². The quantitative estimate of drug-likeness (QED) is 0.409. The van der Waals surface area contributed by atoms with E-state index in [1.807, 2.05) is 0 Å². The Morgan fingerprint density at radius 1 is 1.08 bits per heavy atom. The molecule has 0 N–H and O–H groups in total. The summed E-state index contributed by atoms with van der Waals surface area (Å²) in [6.45, 7) is 0. The lowest BCUT2D eigenvalue weighted by Gasteiger charge is -2.05. The fourth-order valence-corrected chi connectivity index (χ4v) is 1.16. The highest BCUT2D eigenvalue weighted by molar-refractivity contribution is 9.10. The Morgan fingerprint density at radius 3 is 2.08 bits per heavy atom. The summed E-state index contributed by atoms with van der Waals surface area (Å²) in [4.78, 5) is 0. The second kappa shape index (κ2) is 3.61. The molecule has 0 heterocycles. The van der Waals surface area contributed by atoms with Gasteiger partial charge >= 0.3 is 0 Å². The molecule has 0 aliphatic heterocycles. The van der Waals surface area contributed by atoms with E-state index in [9.17, 15) is 22.0 Å². The second-order valence-corrected chi connectivity index (χ2v) is 3.04. The van der Waals surface area contributed by atoms with Crippen LogP contribution in [0.2, 0.25) is 0 Å². The van der Waals surface area contributed by atoms with E-state index >= 15 is 0 Å². The number of halogens is 6. The minimum atomic E-state index is -3.37. The van der Waals surface area contributed by atoms with Gasteiger partial charge in [-0.2, -0.15) is 0 Å². The molecule has 1 aromatic rings. The molecule has 0 aliphatic rings. The van der Waals surface area contributed by atoms with Crippen molar-refractivity contribution in [2.75, 3.05) is 0 Å². The standard InChI is InChI=1S/C7H2BrF5/c8-2-1-3(9)4(7(12)13)6(11)5(2)10/h1,7H. The zero-order valence-electron chi connectivity index (χ0n) is 5.92. The highest BCUT2D eigenvalue weighted by atomic mass is 79.9. The molecular weight excluding hydrogens is 259 g/mol. The summed E-state index contributed by atoms with van der Waals surface area (Å²) in [5.41, 5.74) is -1.54. The van der Waals surface area contributed by atoms with Gasteiger partial charge < -0.3 is 0 Å². The zero-order valence-corrected chi connectivity index (χ0v) is 7.51. The Morgan fingerprint density at radius 2 is 1.62 bits per heavy atom. The van der Waals surface area contributed by atoms with Crippen LogP contribution in [-0.4, -0.2) is 0 Å². The topological polar surface area (TPSA) is 0 Å². The molecule has 6 heteroatoms. The van der Waals surface area contributed by atoms with Crippen LogP contribution in [0.15, 0.2) is 10.5 Å². The molecule has 0 spiro atoms. The highest BCUT2D eigenvalue weighted by Crippen LogP contribution is 2.30. The van der Waals surface area contributed by atoms with E-state index in [1.54, 1.807) is 0 Å². The van der Waals surface area contributed by atoms with Gasteiger partial charge in [-0.05, 0) is 22.0 Å². The molecule has 0 amide bonds. The monoisotopic (exact) mass is 260 g/mol. The van der Waals surface area contributed by atoms with Crippen LogP contribution < -0.4 is 0 Å². The molecule has 0 atom stereocenters. The fourth-order valence-electron chi connectivity index (χ4n) is 0.780. The molecule has 0 radical (unpaired) electrons.